The van der Waals surface area contributed by atoms with Crippen LogP contribution in [0.3, 0.4) is 0 Å². The first-order valence-corrected chi connectivity index (χ1v) is 3.77. The van der Waals surface area contributed by atoms with E-state index in [1.807, 2.05) is 0 Å². The summed E-state index contributed by atoms with van der Waals surface area (Å²) in [5.74, 6) is 0. The topological polar surface area (TPSA) is 93.3 Å². The molecule has 0 amide bonds. The van der Waals surface area contributed by atoms with Gasteiger partial charge < -0.3 is 20.4 Å². The molecule has 0 fully saturated rings. The summed E-state index contributed by atoms with van der Waals surface area (Å²) < 4.78 is 0. The Morgan fingerprint density at radius 1 is 1.50 bits per heavy atom. The summed E-state index contributed by atoms with van der Waals surface area (Å²) in [4.78, 5) is 3.83. The molecule has 0 aromatic rings. The summed E-state index contributed by atoms with van der Waals surface area (Å²) >= 11 is 0. The molecule has 70 valence electrons. The van der Waals surface area contributed by atoms with Crippen molar-refractivity contribution in [3.63, 3.8) is 0 Å². The molecule has 1 aliphatic heterocycles. The lowest BCUT2D eigenvalue weighted by Crippen LogP contribution is -2.41. The second-order valence-electron chi connectivity index (χ2n) is 2.95. The van der Waals surface area contributed by atoms with Crippen molar-refractivity contribution < 1.29 is 20.4 Å². The van der Waals surface area contributed by atoms with Crippen molar-refractivity contribution >= 4 is 5.71 Å². The summed E-state index contributed by atoms with van der Waals surface area (Å²) in [5, 5.41) is 36.2. The van der Waals surface area contributed by atoms with E-state index >= 15 is 0 Å². The number of hydrogen-bond acceptors (Lipinski definition) is 5. The molecule has 1 aliphatic rings. The Morgan fingerprint density at radius 3 is 2.42 bits per heavy atom. The van der Waals surface area contributed by atoms with Crippen molar-refractivity contribution in [1.82, 2.24) is 0 Å². The Hall–Kier alpha value is -0.490. The molecule has 0 aliphatic carbocycles. The second-order valence-corrected chi connectivity index (χ2v) is 2.95. The van der Waals surface area contributed by atoms with Gasteiger partial charge in [0.05, 0.1) is 6.61 Å². The Kier molecular flexibility index (Phi) is 2.79. The van der Waals surface area contributed by atoms with Gasteiger partial charge in [-0.15, -0.1) is 0 Å². The fraction of sp³-hybridized carbons (Fsp3) is 0.857. The summed E-state index contributed by atoms with van der Waals surface area (Å²) in [6, 6.07) is -0.801. The molecular formula is C7H13NO4. The molecule has 0 saturated carbocycles. The summed E-state index contributed by atoms with van der Waals surface area (Å²) in [6.45, 7) is 1.10. The van der Waals surface area contributed by atoms with Gasteiger partial charge in [-0.3, -0.25) is 4.99 Å². The van der Waals surface area contributed by atoms with Gasteiger partial charge in [0.15, 0.2) is 0 Å². The van der Waals surface area contributed by atoms with Crippen molar-refractivity contribution in [1.29, 1.82) is 0 Å². The van der Waals surface area contributed by atoms with E-state index in [2.05, 4.69) is 4.99 Å². The molecule has 4 N–H and O–H groups in total. The highest BCUT2D eigenvalue weighted by Gasteiger charge is 2.38. The van der Waals surface area contributed by atoms with Gasteiger partial charge in [0.1, 0.15) is 24.4 Å². The Labute approximate surface area is 70.0 Å². The Balaban J connectivity index is 2.69. The molecule has 12 heavy (non-hydrogen) atoms. The maximum Gasteiger partial charge on any atom is 0.119 e. The molecule has 1 heterocycles. The van der Waals surface area contributed by atoms with Gasteiger partial charge in [0.25, 0.3) is 0 Å². The highest BCUT2D eigenvalue weighted by molar-refractivity contribution is 5.88. The van der Waals surface area contributed by atoms with Crippen LogP contribution < -0.4 is 0 Å². The Morgan fingerprint density at radius 2 is 2.08 bits per heavy atom. The lowest BCUT2D eigenvalue weighted by molar-refractivity contribution is -0.00519. The zero-order chi connectivity index (χ0) is 9.30. The van der Waals surface area contributed by atoms with E-state index in [9.17, 15) is 10.2 Å². The van der Waals surface area contributed by atoms with E-state index in [-0.39, 0.29) is 0 Å². The lowest BCUT2D eigenvalue weighted by atomic mass is 10.0. The van der Waals surface area contributed by atoms with Crippen LogP contribution in [-0.4, -0.2) is 57.1 Å². The average Bonchev–Trinajstić information content (AvgIpc) is 2.32. The molecule has 1 rings (SSSR count). The smallest absolute Gasteiger partial charge is 0.119 e. The van der Waals surface area contributed by atoms with Gasteiger partial charge >= 0.3 is 0 Å². The third-order valence-electron chi connectivity index (χ3n) is 2.04. The zero-order valence-electron chi connectivity index (χ0n) is 6.75. The van der Waals surface area contributed by atoms with Crippen molar-refractivity contribution in [2.24, 2.45) is 4.99 Å². The van der Waals surface area contributed by atoms with Crippen LogP contribution in [0.1, 0.15) is 6.92 Å². The van der Waals surface area contributed by atoms with E-state index in [4.69, 9.17) is 10.2 Å². The van der Waals surface area contributed by atoms with Crippen LogP contribution in [-0.2, 0) is 0 Å². The first kappa shape index (κ1) is 9.60. The monoisotopic (exact) mass is 175 g/mol. The van der Waals surface area contributed by atoms with Crippen LogP contribution in [0.15, 0.2) is 4.99 Å². The van der Waals surface area contributed by atoms with Gasteiger partial charge in [0.2, 0.25) is 0 Å². The van der Waals surface area contributed by atoms with E-state index < -0.39 is 31.0 Å². The summed E-state index contributed by atoms with van der Waals surface area (Å²) in [7, 11) is 0. The quantitative estimate of drug-likeness (QED) is 0.387. The number of aliphatic hydroxyl groups is 4. The minimum Gasteiger partial charge on any atom is -0.394 e. The van der Waals surface area contributed by atoms with Crippen molar-refractivity contribution in [3.05, 3.63) is 0 Å². The molecule has 0 aromatic heterocycles. The molecule has 0 bridgehead atoms. The molecule has 0 aromatic carbocycles. The largest absolute Gasteiger partial charge is 0.394 e. The van der Waals surface area contributed by atoms with Crippen LogP contribution in [0.25, 0.3) is 0 Å². The first-order valence-electron chi connectivity index (χ1n) is 3.77. The van der Waals surface area contributed by atoms with Gasteiger partial charge in [-0.25, -0.2) is 0 Å². The van der Waals surface area contributed by atoms with Crippen LogP contribution in [0.5, 0.6) is 0 Å². The van der Waals surface area contributed by atoms with Crippen molar-refractivity contribution in [2.45, 2.75) is 31.3 Å². The predicted octanol–water partition coefficient (Wildman–Crippen LogP) is -2.10. The van der Waals surface area contributed by atoms with Crippen LogP contribution in [0.4, 0.5) is 0 Å². The van der Waals surface area contributed by atoms with Gasteiger partial charge in [-0.1, -0.05) is 0 Å². The normalized spacial score (nSPS) is 38.1. The number of aliphatic hydroxyl groups excluding tert-OH is 4. The number of nitrogens with zero attached hydrogens (tertiary/aromatic N) is 1. The van der Waals surface area contributed by atoms with Crippen molar-refractivity contribution in [3.8, 4) is 0 Å². The number of aliphatic imine (C=N–C) groups is 1. The zero-order valence-corrected chi connectivity index (χ0v) is 6.75. The third-order valence-corrected chi connectivity index (χ3v) is 2.04. The SMILES string of the molecule is CC1=N[C@@H]([C@H](O)CO)[C@H](O)[C@@H]1O. The van der Waals surface area contributed by atoms with Crippen LogP contribution in [0.2, 0.25) is 0 Å². The lowest BCUT2D eigenvalue weighted by Gasteiger charge is -2.18. The molecular weight excluding hydrogens is 162 g/mol. The highest BCUT2D eigenvalue weighted by Crippen LogP contribution is 2.17. The molecule has 5 heteroatoms. The van der Waals surface area contributed by atoms with Gasteiger partial charge in [-0.2, -0.15) is 0 Å². The van der Waals surface area contributed by atoms with E-state index in [0.717, 1.165) is 0 Å². The van der Waals surface area contributed by atoms with E-state index in [0.29, 0.717) is 5.71 Å². The van der Waals surface area contributed by atoms with Gasteiger partial charge in [0, 0.05) is 5.71 Å². The molecule has 0 spiro atoms. The summed E-state index contributed by atoms with van der Waals surface area (Å²) in [6.07, 6.45) is -3.23. The maximum absolute atomic E-state index is 9.29. The second kappa shape index (κ2) is 3.49. The molecule has 0 saturated heterocycles. The highest BCUT2D eigenvalue weighted by atomic mass is 16.3. The minimum atomic E-state index is -1.10. The maximum atomic E-state index is 9.29. The average molecular weight is 175 g/mol. The molecule has 5 nitrogen and oxygen atoms in total. The standard InChI is InChI=1S/C7H13NO4/c1-3-6(11)7(12)5(8-3)4(10)2-9/h4-7,9-12H,2H2,1H3/t4-,5+,6-,7+/m1/s1. The molecule has 4 atom stereocenters. The molecule has 0 radical (unpaired) electrons. The third kappa shape index (κ3) is 1.49. The van der Waals surface area contributed by atoms with Crippen molar-refractivity contribution in [2.75, 3.05) is 6.61 Å². The molecule has 0 unspecified atom stereocenters. The number of rotatable bonds is 2. The van der Waals surface area contributed by atoms with Gasteiger partial charge in [-0.05, 0) is 6.92 Å². The fourth-order valence-corrected chi connectivity index (χ4v) is 1.24. The van der Waals surface area contributed by atoms with E-state index in [1.54, 1.807) is 6.92 Å². The van der Waals surface area contributed by atoms with Crippen LogP contribution >= 0.6 is 0 Å². The summed E-state index contributed by atoms with van der Waals surface area (Å²) in [5.41, 5.74) is 0.389. The predicted molar refractivity (Wildman–Crippen MR) is 42.0 cm³/mol. The van der Waals surface area contributed by atoms with Crippen LogP contribution in [0, 0.1) is 0 Å². The van der Waals surface area contributed by atoms with E-state index in [1.165, 1.54) is 0 Å². The number of hydrogen-bond donors (Lipinski definition) is 4. The first-order chi connectivity index (χ1) is 5.57. The fourth-order valence-electron chi connectivity index (χ4n) is 1.24. The minimum absolute atomic E-state index is 0.389. The Bertz CT molecular complexity index is 194.